The van der Waals surface area contributed by atoms with Crippen LogP contribution in [-0.4, -0.2) is 56.5 Å². The van der Waals surface area contributed by atoms with E-state index >= 15 is 0 Å². The third kappa shape index (κ3) is 3.38. The highest BCUT2D eigenvalue weighted by Crippen LogP contribution is 2.45. The maximum absolute atomic E-state index is 12.6. The number of nitrogens with zero attached hydrogens (tertiary/aromatic N) is 1. The summed E-state index contributed by atoms with van der Waals surface area (Å²) in [5.41, 5.74) is -1.09. The number of carbonyl (C=O) groups is 2. The maximum Gasteiger partial charge on any atom is 0.410 e. The Hall–Kier alpha value is -2.02. The van der Waals surface area contributed by atoms with Gasteiger partial charge in [-0.15, -0.1) is 0 Å². The normalized spacial score (nSPS) is 30.4. The highest BCUT2D eigenvalue weighted by atomic mass is 16.6. The van der Waals surface area contributed by atoms with Gasteiger partial charge in [-0.2, -0.15) is 0 Å². The van der Waals surface area contributed by atoms with Gasteiger partial charge in [0.1, 0.15) is 5.60 Å². The van der Waals surface area contributed by atoms with Crippen LogP contribution in [0.4, 0.5) is 4.79 Å². The zero-order chi connectivity index (χ0) is 18.6. The summed E-state index contributed by atoms with van der Waals surface area (Å²) >= 11 is 0. The van der Waals surface area contributed by atoms with Crippen LogP contribution in [0.3, 0.4) is 0 Å². The molecular weight excluding hydrogens is 324 g/mol. The Balaban J connectivity index is 1.87. The average molecular weight is 350 g/mol. The van der Waals surface area contributed by atoms with Gasteiger partial charge in [0.05, 0.1) is 18.2 Å². The average Bonchev–Trinajstić information content (AvgIpc) is 3.23. The summed E-state index contributed by atoms with van der Waals surface area (Å²) in [5.74, 6) is -0.966. The molecule has 3 N–H and O–H groups in total. The first kappa shape index (κ1) is 17.8. The second-order valence-electron chi connectivity index (χ2n) is 8.40. The lowest BCUT2D eigenvalue weighted by molar-refractivity contribution is -0.141. The van der Waals surface area contributed by atoms with Crippen molar-refractivity contribution in [2.75, 3.05) is 6.54 Å². The molecule has 0 saturated heterocycles. The first-order valence-corrected chi connectivity index (χ1v) is 8.58. The van der Waals surface area contributed by atoms with Gasteiger partial charge in [0, 0.05) is 12.1 Å². The molecule has 0 radical (unpaired) electrons. The van der Waals surface area contributed by atoms with Crippen LogP contribution in [0.25, 0.3) is 0 Å². The molecule has 1 saturated carbocycles. The number of ether oxygens (including phenoxy) is 1. The van der Waals surface area contributed by atoms with Crippen LogP contribution in [0.1, 0.15) is 47.0 Å². The number of nitrogens with one attached hydrogen (secondary N) is 1. The molecule has 1 aliphatic carbocycles. The van der Waals surface area contributed by atoms with Crippen LogP contribution in [0.2, 0.25) is 0 Å². The SMILES string of the molecule is CC(C)(C)OC(=O)N1CC2=C(CC1C1(O)CC1)NC(C)(C(=O)O)C=C2. The monoisotopic (exact) mass is 350 g/mol. The molecule has 2 unspecified atom stereocenters. The molecule has 2 atom stereocenters. The van der Waals surface area contributed by atoms with Crippen molar-refractivity contribution in [1.29, 1.82) is 0 Å². The van der Waals surface area contributed by atoms with Crippen LogP contribution in [0.5, 0.6) is 0 Å². The molecule has 0 aromatic rings. The molecule has 0 spiro atoms. The van der Waals surface area contributed by atoms with E-state index in [1.807, 2.05) is 0 Å². The Labute approximate surface area is 147 Å². The van der Waals surface area contributed by atoms with Gasteiger partial charge in [-0.3, -0.25) is 4.90 Å². The highest BCUT2D eigenvalue weighted by molar-refractivity contribution is 5.82. The molecule has 2 aliphatic heterocycles. The Bertz CT molecular complexity index is 671. The van der Waals surface area contributed by atoms with E-state index in [4.69, 9.17) is 4.74 Å². The third-order valence-electron chi connectivity index (χ3n) is 4.99. The summed E-state index contributed by atoms with van der Waals surface area (Å²) < 4.78 is 5.50. The fraction of sp³-hybridized carbons (Fsp3) is 0.667. The summed E-state index contributed by atoms with van der Waals surface area (Å²) in [6.45, 7) is 7.30. The Kier molecular flexibility index (Phi) is 3.91. The van der Waals surface area contributed by atoms with Crippen molar-refractivity contribution in [2.45, 2.75) is 69.7 Å². The quantitative estimate of drug-likeness (QED) is 0.702. The number of dihydropyridines is 1. The van der Waals surface area contributed by atoms with Crippen LogP contribution >= 0.6 is 0 Å². The number of carbonyl (C=O) groups excluding carboxylic acids is 1. The predicted molar refractivity (Wildman–Crippen MR) is 90.9 cm³/mol. The standard InChI is InChI=1S/C18H26N2O5/c1-16(2,3)25-15(23)20-10-11-5-6-17(4,14(21)22)19-12(11)9-13(20)18(24)7-8-18/h5-6,13,19,24H,7-10H2,1-4H3,(H,21,22). The first-order chi connectivity index (χ1) is 11.4. The molecule has 0 aromatic heterocycles. The second-order valence-corrected chi connectivity index (χ2v) is 8.40. The zero-order valence-corrected chi connectivity index (χ0v) is 15.1. The largest absolute Gasteiger partial charge is 0.479 e. The predicted octanol–water partition coefficient (Wildman–Crippen LogP) is 1.78. The van der Waals surface area contributed by atoms with E-state index < -0.39 is 34.8 Å². The lowest BCUT2D eigenvalue weighted by atomic mass is 9.87. The van der Waals surface area contributed by atoms with Gasteiger partial charge in [0.25, 0.3) is 0 Å². The van der Waals surface area contributed by atoms with Crippen molar-refractivity contribution in [3.05, 3.63) is 23.4 Å². The fourth-order valence-corrected chi connectivity index (χ4v) is 3.31. The Morgan fingerprint density at radius 2 is 2.00 bits per heavy atom. The molecule has 1 amide bonds. The summed E-state index contributed by atoms with van der Waals surface area (Å²) in [6.07, 6.45) is 4.54. The van der Waals surface area contributed by atoms with Gasteiger partial charge < -0.3 is 20.3 Å². The van der Waals surface area contributed by atoms with E-state index in [2.05, 4.69) is 5.32 Å². The van der Waals surface area contributed by atoms with Gasteiger partial charge in [0.15, 0.2) is 5.54 Å². The minimum absolute atomic E-state index is 0.288. The molecule has 7 heteroatoms. The second kappa shape index (κ2) is 5.49. The Morgan fingerprint density at radius 3 is 2.52 bits per heavy atom. The number of hydrogen-bond donors (Lipinski definition) is 3. The van der Waals surface area contributed by atoms with E-state index in [1.165, 1.54) is 0 Å². The van der Waals surface area contributed by atoms with E-state index in [0.717, 1.165) is 11.3 Å². The number of carboxylic acids is 1. The number of aliphatic carboxylic acids is 1. The fourth-order valence-electron chi connectivity index (χ4n) is 3.31. The molecule has 138 valence electrons. The van der Waals surface area contributed by atoms with Gasteiger partial charge in [-0.05, 0) is 52.2 Å². The molecule has 0 aromatic carbocycles. The van der Waals surface area contributed by atoms with Crippen molar-refractivity contribution in [1.82, 2.24) is 10.2 Å². The van der Waals surface area contributed by atoms with E-state index in [0.29, 0.717) is 19.3 Å². The number of carboxylic acid groups (broad SMARTS) is 1. The molecule has 7 nitrogen and oxygen atoms in total. The highest BCUT2D eigenvalue weighted by Gasteiger charge is 2.54. The van der Waals surface area contributed by atoms with Crippen molar-refractivity contribution in [3.63, 3.8) is 0 Å². The molecule has 3 rings (SSSR count). The summed E-state index contributed by atoms with van der Waals surface area (Å²) in [6, 6.07) is -0.418. The van der Waals surface area contributed by atoms with Gasteiger partial charge in [-0.1, -0.05) is 6.08 Å². The minimum atomic E-state index is -1.18. The molecular formula is C18H26N2O5. The van der Waals surface area contributed by atoms with Crippen LogP contribution in [0, 0.1) is 0 Å². The lowest BCUT2D eigenvalue weighted by Crippen LogP contribution is -2.57. The molecule has 1 fully saturated rings. The molecule has 25 heavy (non-hydrogen) atoms. The third-order valence-corrected chi connectivity index (χ3v) is 4.99. The number of rotatable bonds is 2. The van der Waals surface area contributed by atoms with Crippen molar-refractivity contribution < 1.29 is 24.5 Å². The summed E-state index contributed by atoms with van der Waals surface area (Å²) in [4.78, 5) is 25.7. The summed E-state index contributed by atoms with van der Waals surface area (Å²) in [7, 11) is 0. The van der Waals surface area contributed by atoms with Crippen molar-refractivity contribution >= 4 is 12.1 Å². The van der Waals surface area contributed by atoms with Crippen LogP contribution in [0.15, 0.2) is 23.4 Å². The molecule has 0 bridgehead atoms. The minimum Gasteiger partial charge on any atom is -0.479 e. The molecule has 2 heterocycles. The van der Waals surface area contributed by atoms with Gasteiger partial charge in [-0.25, -0.2) is 9.59 Å². The molecule has 3 aliphatic rings. The van der Waals surface area contributed by atoms with Crippen molar-refractivity contribution in [3.8, 4) is 0 Å². The van der Waals surface area contributed by atoms with E-state index in [1.54, 1.807) is 44.7 Å². The van der Waals surface area contributed by atoms with Crippen LogP contribution < -0.4 is 5.32 Å². The van der Waals surface area contributed by atoms with E-state index in [9.17, 15) is 19.8 Å². The lowest BCUT2D eigenvalue weighted by Gasteiger charge is -2.43. The smallest absolute Gasteiger partial charge is 0.410 e. The zero-order valence-electron chi connectivity index (χ0n) is 15.1. The number of hydrogen-bond acceptors (Lipinski definition) is 5. The van der Waals surface area contributed by atoms with Gasteiger partial charge >= 0.3 is 12.1 Å². The number of amides is 1. The number of aliphatic hydroxyl groups is 1. The topological polar surface area (TPSA) is 99.1 Å². The van der Waals surface area contributed by atoms with Gasteiger partial charge in [0.2, 0.25) is 0 Å². The first-order valence-electron chi connectivity index (χ1n) is 8.58. The van der Waals surface area contributed by atoms with Crippen LogP contribution in [-0.2, 0) is 9.53 Å². The van der Waals surface area contributed by atoms with E-state index in [-0.39, 0.29) is 6.54 Å². The Morgan fingerprint density at radius 1 is 1.36 bits per heavy atom. The maximum atomic E-state index is 12.6. The summed E-state index contributed by atoms with van der Waals surface area (Å²) in [5, 5.41) is 23.2. The van der Waals surface area contributed by atoms with Crippen molar-refractivity contribution in [2.24, 2.45) is 0 Å².